The first-order chi connectivity index (χ1) is 12.2. The van der Waals surface area contributed by atoms with Crippen molar-refractivity contribution < 1.29 is 18.7 Å². The molecule has 0 saturated heterocycles. The van der Waals surface area contributed by atoms with E-state index in [1.165, 1.54) is 0 Å². The minimum Gasteiger partial charge on any atom is -0.464 e. The summed E-state index contributed by atoms with van der Waals surface area (Å²) in [6.07, 6.45) is 0.781. The van der Waals surface area contributed by atoms with Gasteiger partial charge in [-0.25, -0.2) is 0 Å². The molecule has 0 aliphatic carbocycles. The Labute approximate surface area is 152 Å². The van der Waals surface area contributed by atoms with Gasteiger partial charge in [-0.2, -0.15) is 0 Å². The number of nitrogens with one attached hydrogen (secondary N) is 1. The van der Waals surface area contributed by atoms with Crippen LogP contribution in [0.1, 0.15) is 33.3 Å². The van der Waals surface area contributed by atoms with E-state index in [2.05, 4.69) is 5.32 Å². The number of carbonyl (C=O) groups excluding carboxylic acids is 2. The van der Waals surface area contributed by atoms with Crippen LogP contribution in [0.5, 0.6) is 0 Å². The molecule has 0 spiro atoms. The Bertz CT molecular complexity index is 965. The molecule has 1 amide bonds. The summed E-state index contributed by atoms with van der Waals surface area (Å²) in [6, 6.07) is 11.8. The molecule has 0 bridgehead atoms. The van der Waals surface area contributed by atoms with E-state index in [0.29, 0.717) is 0 Å². The van der Waals surface area contributed by atoms with Crippen molar-refractivity contribution in [1.82, 2.24) is 5.32 Å². The van der Waals surface area contributed by atoms with Gasteiger partial charge in [0.1, 0.15) is 5.58 Å². The topological polar surface area (TPSA) is 68.5 Å². The number of benzene rings is 2. The van der Waals surface area contributed by atoms with Crippen LogP contribution in [-0.4, -0.2) is 23.5 Å². The van der Waals surface area contributed by atoms with Gasteiger partial charge in [0.25, 0.3) is 5.91 Å². The van der Waals surface area contributed by atoms with Crippen LogP contribution in [-0.2, 0) is 20.7 Å². The predicted molar refractivity (Wildman–Crippen MR) is 101 cm³/mol. The van der Waals surface area contributed by atoms with E-state index in [1.54, 1.807) is 13.2 Å². The fraction of sp³-hybridized carbons (Fsp3) is 0.333. The molecule has 2 aromatic carbocycles. The minimum absolute atomic E-state index is 0.0497. The summed E-state index contributed by atoms with van der Waals surface area (Å²) in [5.41, 5.74) is 1.10. The van der Waals surface area contributed by atoms with E-state index in [4.69, 9.17) is 9.15 Å². The lowest BCUT2D eigenvalue weighted by Gasteiger charge is -2.23. The average molecular weight is 353 g/mol. The zero-order valence-electron chi connectivity index (χ0n) is 15.5. The highest BCUT2D eigenvalue weighted by molar-refractivity contribution is 6.08. The van der Waals surface area contributed by atoms with E-state index in [0.717, 1.165) is 27.3 Å². The van der Waals surface area contributed by atoms with Gasteiger partial charge in [-0.3, -0.25) is 9.59 Å². The zero-order valence-corrected chi connectivity index (χ0v) is 15.5. The van der Waals surface area contributed by atoms with Crippen LogP contribution in [0.15, 0.2) is 47.1 Å². The molecule has 5 nitrogen and oxygen atoms in total. The Morgan fingerprint density at radius 1 is 1.15 bits per heavy atom. The Hall–Kier alpha value is -2.82. The quantitative estimate of drug-likeness (QED) is 0.721. The lowest BCUT2D eigenvalue weighted by Crippen LogP contribution is -2.46. The maximum atomic E-state index is 12.3. The molecule has 0 saturated carbocycles. The predicted octanol–water partition coefficient (Wildman–Crippen LogP) is 3.97. The molecule has 3 aromatic rings. The van der Waals surface area contributed by atoms with Crippen molar-refractivity contribution in [3.05, 3.63) is 48.2 Å². The van der Waals surface area contributed by atoms with Crippen LogP contribution in [0.25, 0.3) is 21.7 Å². The van der Waals surface area contributed by atoms with Gasteiger partial charge in [0.15, 0.2) is 6.10 Å². The van der Waals surface area contributed by atoms with Gasteiger partial charge in [0.05, 0.1) is 12.7 Å². The summed E-state index contributed by atoms with van der Waals surface area (Å²) in [5, 5.41) is 5.82. The molecule has 1 N–H and O–H groups in total. The summed E-state index contributed by atoms with van der Waals surface area (Å²) >= 11 is 0. The highest BCUT2D eigenvalue weighted by Crippen LogP contribution is 2.30. The van der Waals surface area contributed by atoms with Crippen LogP contribution < -0.4 is 5.32 Å². The van der Waals surface area contributed by atoms with E-state index < -0.39 is 12.1 Å². The number of hydrogen-bond donors (Lipinski definition) is 1. The fourth-order valence-electron chi connectivity index (χ4n) is 2.92. The normalized spacial score (nSPS) is 12.9. The summed E-state index contributed by atoms with van der Waals surface area (Å²) in [7, 11) is 0. The highest BCUT2D eigenvalue weighted by Gasteiger charge is 2.23. The summed E-state index contributed by atoms with van der Waals surface area (Å²) < 4.78 is 10.9. The number of fused-ring (bicyclic) bond motifs is 3. The number of ether oxygens (including phenoxy) is 1. The molecule has 0 aliphatic rings. The maximum absolute atomic E-state index is 12.3. The van der Waals surface area contributed by atoms with Crippen molar-refractivity contribution in [3.63, 3.8) is 0 Å². The molecule has 5 heteroatoms. The first kappa shape index (κ1) is 18.0. The molecule has 0 radical (unpaired) electrons. The molecule has 1 heterocycles. The first-order valence-corrected chi connectivity index (χ1v) is 8.64. The van der Waals surface area contributed by atoms with Crippen LogP contribution >= 0.6 is 0 Å². The SMILES string of the molecule is C[C@H](OC(=O)Cc1coc2ccc3ccccc3c12)C(=O)NC(C)(C)C. The van der Waals surface area contributed by atoms with Crippen LogP contribution in [0.2, 0.25) is 0 Å². The number of rotatable bonds is 4. The smallest absolute Gasteiger partial charge is 0.311 e. The third-order valence-corrected chi connectivity index (χ3v) is 4.05. The molecule has 1 atom stereocenters. The number of carbonyl (C=O) groups is 2. The van der Waals surface area contributed by atoms with Crippen LogP contribution in [0, 0.1) is 0 Å². The Kier molecular flexibility index (Phi) is 4.72. The van der Waals surface area contributed by atoms with Gasteiger partial charge in [0.2, 0.25) is 0 Å². The lowest BCUT2D eigenvalue weighted by atomic mass is 10.0. The van der Waals surface area contributed by atoms with E-state index in [9.17, 15) is 9.59 Å². The zero-order chi connectivity index (χ0) is 18.9. The van der Waals surface area contributed by atoms with E-state index >= 15 is 0 Å². The maximum Gasteiger partial charge on any atom is 0.311 e. The van der Waals surface area contributed by atoms with Gasteiger partial charge >= 0.3 is 5.97 Å². The molecular formula is C21H23NO4. The third kappa shape index (κ3) is 3.87. The molecule has 0 aliphatic heterocycles. The second-order valence-electron chi connectivity index (χ2n) is 7.47. The fourth-order valence-corrected chi connectivity index (χ4v) is 2.92. The molecule has 1 aromatic heterocycles. The van der Waals surface area contributed by atoms with Gasteiger partial charge < -0.3 is 14.5 Å². The van der Waals surface area contributed by atoms with E-state index in [-0.39, 0.29) is 17.9 Å². The van der Waals surface area contributed by atoms with Crippen molar-refractivity contribution in [1.29, 1.82) is 0 Å². The van der Waals surface area contributed by atoms with Crippen molar-refractivity contribution in [2.75, 3.05) is 0 Å². The number of hydrogen-bond acceptors (Lipinski definition) is 4. The monoisotopic (exact) mass is 353 g/mol. The number of esters is 1. The highest BCUT2D eigenvalue weighted by atomic mass is 16.5. The third-order valence-electron chi connectivity index (χ3n) is 4.05. The second kappa shape index (κ2) is 6.83. The van der Waals surface area contributed by atoms with Gasteiger partial charge in [-0.05, 0) is 44.5 Å². The molecule has 3 rings (SSSR count). The molecular weight excluding hydrogens is 330 g/mol. The average Bonchev–Trinajstić information content (AvgIpc) is 2.96. The van der Waals surface area contributed by atoms with Crippen molar-refractivity contribution in [3.8, 4) is 0 Å². The number of furan rings is 1. The molecule has 26 heavy (non-hydrogen) atoms. The lowest BCUT2D eigenvalue weighted by molar-refractivity contribution is -0.154. The minimum atomic E-state index is -0.850. The molecule has 0 unspecified atom stereocenters. The van der Waals surface area contributed by atoms with Crippen LogP contribution in [0.4, 0.5) is 0 Å². The summed E-state index contributed by atoms with van der Waals surface area (Å²) in [5.74, 6) is -0.773. The van der Waals surface area contributed by atoms with Crippen molar-refractivity contribution in [2.45, 2.75) is 45.8 Å². The second-order valence-corrected chi connectivity index (χ2v) is 7.47. The molecule has 0 fully saturated rings. The largest absolute Gasteiger partial charge is 0.464 e. The standard InChI is InChI=1S/C21H23NO4/c1-13(20(24)22-21(2,3)4)26-18(23)11-15-12-25-17-10-9-14-7-5-6-8-16(14)19(15)17/h5-10,12-13H,11H2,1-4H3,(H,22,24)/t13-/m0/s1. The Morgan fingerprint density at radius 3 is 2.62 bits per heavy atom. The summed E-state index contributed by atoms with van der Waals surface area (Å²) in [6.45, 7) is 7.20. The number of amides is 1. The van der Waals surface area contributed by atoms with Gasteiger partial charge in [-0.15, -0.1) is 0 Å². The Morgan fingerprint density at radius 2 is 1.88 bits per heavy atom. The Balaban J connectivity index is 1.78. The molecule has 136 valence electrons. The van der Waals surface area contributed by atoms with E-state index in [1.807, 2.05) is 57.2 Å². The van der Waals surface area contributed by atoms with Gasteiger partial charge in [0, 0.05) is 16.5 Å². The van der Waals surface area contributed by atoms with Gasteiger partial charge in [-0.1, -0.05) is 30.3 Å². The first-order valence-electron chi connectivity index (χ1n) is 8.64. The van der Waals surface area contributed by atoms with Crippen molar-refractivity contribution >= 4 is 33.6 Å². The van der Waals surface area contributed by atoms with Crippen LogP contribution in [0.3, 0.4) is 0 Å². The summed E-state index contributed by atoms with van der Waals surface area (Å²) in [4.78, 5) is 24.4. The van der Waals surface area contributed by atoms with Crippen molar-refractivity contribution in [2.24, 2.45) is 0 Å².